The molecule has 0 spiro atoms. The topological polar surface area (TPSA) is 49.4 Å². The van der Waals surface area contributed by atoms with Gasteiger partial charge in [0.1, 0.15) is 0 Å². The highest BCUT2D eigenvalue weighted by Crippen LogP contribution is 2.35. The van der Waals surface area contributed by atoms with Gasteiger partial charge >= 0.3 is 0 Å². The van der Waals surface area contributed by atoms with E-state index in [1.54, 1.807) is 11.8 Å². The predicted octanol–water partition coefficient (Wildman–Crippen LogP) is 5.39. The van der Waals surface area contributed by atoms with E-state index in [-0.39, 0.29) is 23.0 Å². The van der Waals surface area contributed by atoms with Crippen LogP contribution in [-0.4, -0.2) is 35.6 Å². The van der Waals surface area contributed by atoms with Gasteiger partial charge in [-0.25, -0.2) is 0 Å². The first kappa shape index (κ1) is 22.2. The number of anilines is 1. The van der Waals surface area contributed by atoms with E-state index in [2.05, 4.69) is 29.6 Å². The minimum absolute atomic E-state index is 0.0471. The molecule has 1 aliphatic heterocycles. The Morgan fingerprint density at radius 1 is 0.812 bits per heavy atom. The van der Waals surface area contributed by atoms with Crippen LogP contribution in [-0.2, 0) is 9.59 Å². The van der Waals surface area contributed by atoms with Gasteiger partial charge in [-0.1, -0.05) is 78.9 Å². The van der Waals surface area contributed by atoms with Crippen LogP contribution < -0.4 is 5.32 Å². The molecular weight excluding hydrogens is 416 g/mol. The maximum atomic E-state index is 12.9. The van der Waals surface area contributed by atoms with Gasteiger partial charge in [-0.15, -0.1) is 11.8 Å². The van der Waals surface area contributed by atoms with Gasteiger partial charge in [0, 0.05) is 24.7 Å². The van der Waals surface area contributed by atoms with Crippen molar-refractivity contribution in [3.8, 4) is 0 Å². The second-order valence-electron chi connectivity index (χ2n) is 8.02. The molecule has 0 unspecified atom stereocenters. The van der Waals surface area contributed by atoms with Crippen molar-refractivity contribution in [2.45, 2.75) is 18.1 Å². The quantitative estimate of drug-likeness (QED) is 0.532. The number of piperidine rings is 1. The van der Waals surface area contributed by atoms with Crippen molar-refractivity contribution in [1.82, 2.24) is 4.90 Å². The number of likely N-dealkylation sites (tertiary alicyclic amines) is 1. The fourth-order valence-corrected chi connectivity index (χ4v) is 5.23. The highest BCUT2D eigenvalue weighted by atomic mass is 32.2. The molecule has 1 heterocycles. The highest BCUT2D eigenvalue weighted by Gasteiger charge is 2.28. The van der Waals surface area contributed by atoms with Crippen molar-refractivity contribution < 1.29 is 9.59 Å². The van der Waals surface area contributed by atoms with Crippen molar-refractivity contribution in [2.24, 2.45) is 5.92 Å². The summed E-state index contributed by atoms with van der Waals surface area (Å²) in [6, 6.07) is 30.2. The van der Waals surface area contributed by atoms with Gasteiger partial charge in [0.15, 0.2) is 0 Å². The summed E-state index contributed by atoms with van der Waals surface area (Å²) in [5.41, 5.74) is 3.22. The monoisotopic (exact) mass is 444 g/mol. The lowest BCUT2D eigenvalue weighted by Gasteiger charge is -2.31. The van der Waals surface area contributed by atoms with Gasteiger partial charge in [0.05, 0.1) is 11.0 Å². The average Bonchev–Trinajstić information content (AvgIpc) is 2.86. The lowest BCUT2D eigenvalue weighted by atomic mass is 9.96. The van der Waals surface area contributed by atoms with Crippen LogP contribution in [0.5, 0.6) is 0 Å². The van der Waals surface area contributed by atoms with Gasteiger partial charge < -0.3 is 10.2 Å². The molecule has 0 radical (unpaired) electrons. The van der Waals surface area contributed by atoms with Crippen molar-refractivity contribution in [3.63, 3.8) is 0 Å². The van der Waals surface area contributed by atoms with E-state index in [9.17, 15) is 9.59 Å². The molecule has 1 aliphatic rings. The molecule has 0 aromatic heterocycles. The number of nitrogens with one attached hydrogen (secondary N) is 1. The largest absolute Gasteiger partial charge is 0.342 e. The zero-order chi connectivity index (χ0) is 22.2. The maximum Gasteiger partial charge on any atom is 0.232 e. The number of carbonyl (C=O) groups excluding carboxylic acids is 2. The normalized spacial score (nSPS) is 14.3. The van der Waals surface area contributed by atoms with Crippen LogP contribution in [0.4, 0.5) is 5.69 Å². The number of carbonyl (C=O) groups is 2. The molecule has 1 N–H and O–H groups in total. The molecule has 0 saturated carbocycles. The summed E-state index contributed by atoms with van der Waals surface area (Å²) in [4.78, 5) is 27.4. The summed E-state index contributed by atoms with van der Waals surface area (Å²) >= 11 is 1.67. The summed E-state index contributed by atoms with van der Waals surface area (Å²) in [5.74, 6) is 0.572. The fraction of sp³-hybridized carbons (Fsp3) is 0.259. The Labute approximate surface area is 194 Å². The van der Waals surface area contributed by atoms with Crippen molar-refractivity contribution >= 4 is 29.3 Å². The Balaban J connectivity index is 1.31. The third kappa shape index (κ3) is 5.80. The number of amides is 2. The molecule has 3 aromatic rings. The Bertz CT molecular complexity index is 964. The van der Waals surface area contributed by atoms with Crippen LogP contribution in [0.25, 0.3) is 0 Å². The number of hydrogen-bond donors (Lipinski definition) is 1. The van der Waals surface area contributed by atoms with Gasteiger partial charge in [0.2, 0.25) is 11.8 Å². The number of rotatable bonds is 7. The fourth-order valence-electron chi connectivity index (χ4n) is 4.04. The zero-order valence-corrected chi connectivity index (χ0v) is 18.8. The van der Waals surface area contributed by atoms with Crippen LogP contribution in [0, 0.1) is 5.92 Å². The molecule has 4 rings (SSSR count). The molecule has 3 aromatic carbocycles. The summed E-state index contributed by atoms with van der Waals surface area (Å²) in [6.07, 6.45) is 1.41. The summed E-state index contributed by atoms with van der Waals surface area (Å²) < 4.78 is 0. The molecular formula is C27H28N2O2S. The van der Waals surface area contributed by atoms with E-state index in [4.69, 9.17) is 0 Å². The molecule has 32 heavy (non-hydrogen) atoms. The van der Waals surface area contributed by atoms with Gasteiger partial charge in [-0.05, 0) is 36.1 Å². The average molecular weight is 445 g/mol. The number of para-hydroxylation sites is 1. The van der Waals surface area contributed by atoms with Crippen molar-refractivity contribution in [3.05, 3.63) is 102 Å². The summed E-state index contributed by atoms with van der Waals surface area (Å²) in [7, 11) is 0. The first-order chi connectivity index (χ1) is 15.7. The van der Waals surface area contributed by atoms with Crippen LogP contribution in [0.15, 0.2) is 91.0 Å². The predicted molar refractivity (Wildman–Crippen MR) is 132 cm³/mol. The molecule has 0 bridgehead atoms. The van der Waals surface area contributed by atoms with Crippen molar-refractivity contribution in [1.29, 1.82) is 0 Å². The molecule has 4 nitrogen and oxygen atoms in total. The standard InChI is InChI=1S/C27H28N2O2S/c30-25(20-32-26(21-10-4-1-5-11-21)22-12-6-2-7-13-22)29-18-16-23(17-19-29)27(31)28-24-14-8-3-9-15-24/h1-15,23,26H,16-20H2,(H,28,31). The minimum atomic E-state index is -0.0479. The molecule has 1 saturated heterocycles. The number of thioether (sulfide) groups is 1. The highest BCUT2D eigenvalue weighted by molar-refractivity contribution is 8.00. The summed E-state index contributed by atoms with van der Waals surface area (Å²) in [6.45, 7) is 1.27. The number of nitrogens with zero attached hydrogens (tertiary/aromatic N) is 1. The first-order valence-electron chi connectivity index (χ1n) is 11.1. The smallest absolute Gasteiger partial charge is 0.232 e. The van der Waals surface area contributed by atoms with Crippen LogP contribution in [0.1, 0.15) is 29.2 Å². The third-order valence-electron chi connectivity index (χ3n) is 5.84. The lowest BCUT2D eigenvalue weighted by molar-refractivity contribution is -0.132. The van der Waals surface area contributed by atoms with Crippen LogP contribution in [0.2, 0.25) is 0 Å². The van der Waals surface area contributed by atoms with E-state index in [1.165, 1.54) is 11.1 Å². The van der Waals surface area contributed by atoms with Gasteiger partial charge in [0.25, 0.3) is 0 Å². The van der Waals surface area contributed by atoms with Crippen molar-refractivity contribution in [2.75, 3.05) is 24.2 Å². The second kappa shape index (κ2) is 11.0. The Morgan fingerprint density at radius 2 is 1.31 bits per heavy atom. The second-order valence-corrected chi connectivity index (χ2v) is 9.12. The number of hydrogen-bond acceptors (Lipinski definition) is 3. The van der Waals surface area contributed by atoms with E-state index in [1.807, 2.05) is 71.6 Å². The molecule has 0 aliphatic carbocycles. The van der Waals surface area contributed by atoms with E-state index < -0.39 is 0 Å². The molecule has 2 amide bonds. The Morgan fingerprint density at radius 3 is 1.84 bits per heavy atom. The van der Waals surface area contributed by atoms with E-state index in [0.717, 1.165) is 5.69 Å². The molecule has 0 atom stereocenters. The maximum absolute atomic E-state index is 12.9. The first-order valence-corrected chi connectivity index (χ1v) is 12.1. The van der Waals surface area contributed by atoms with E-state index >= 15 is 0 Å². The lowest BCUT2D eigenvalue weighted by Crippen LogP contribution is -2.42. The van der Waals surface area contributed by atoms with Gasteiger partial charge in [-0.2, -0.15) is 0 Å². The van der Waals surface area contributed by atoms with Crippen LogP contribution >= 0.6 is 11.8 Å². The molecule has 5 heteroatoms. The third-order valence-corrected chi connectivity index (χ3v) is 7.13. The zero-order valence-electron chi connectivity index (χ0n) is 18.0. The SMILES string of the molecule is O=C(Nc1ccccc1)C1CCN(C(=O)CSC(c2ccccc2)c2ccccc2)CC1. The van der Waals surface area contributed by atoms with Gasteiger partial charge in [-0.3, -0.25) is 9.59 Å². The molecule has 1 fully saturated rings. The Kier molecular flexibility index (Phi) is 7.62. The summed E-state index contributed by atoms with van der Waals surface area (Å²) in [5, 5.41) is 3.11. The van der Waals surface area contributed by atoms with E-state index in [0.29, 0.717) is 31.7 Å². The Hall–Kier alpha value is -3.05. The van der Waals surface area contributed by atoms with Crippen LogP contribution in [0.3, 0.4) is 0 Å². The molecule has 164 valence electrons. The number of benzene rings is 3. The minimum Gasteiger partial charge on any atom is -0.342 e.